The van der Waals surface area contributed by atoms with Crippen molar-refractivity contribution in [2.75, 3.05) is 0 Å². The Kier molecular flexibility index (Phi) is 2.49. The summed E-state index contributed by atoms with van der Waals surface area (Å²) in [6.45, 7) is 0. The molecule has 2 fully saturated rings. The largest absolute Gasteiger partial charge is 0.481 e. The van der Waals surface area contributed by atoms with Gasteiger partial charge in [-0.25, -0.2) is 0 Å². The van der Waals surface area contributed by atoms with Gasteiger partial charge in [0, 0.05) is 6.42 Å². The first-order chi connectivity index (χ1) is 8.54. The first kappa shape index (κ1) is 11.7. The van der Waals surface area contributed by atoms with Crippen molar-refractivity contribution in [2.45, 2.75) is 49.5 Å². The van der Waals surface area contributed by atoms with Crippen LogP contribution >= 0.6 is 0 Å². The Morgan fingerprint density at radius 2 is 1.72 bits per heavy atom. The van der Waals surface area contributed by atoms with Gasteiger partial charge in [-0.3, -0.25) is 4.79 Å². The molecular formula is C15H18O3. The summed E-state index contributed by atoms with van der Waals surface area (Å²) in [6, 6.07) is 7.78. The Hall–Kier alpha value is -1.35. The molecule has 0 atom stereocenters. The molecular weight excluding hydrogens is 228 g/mol. The third kappa shape index (κ3) is 1.83. The van der Waals surface area contributed by atoms with Crippen LogP contribution < -0.4 is 0 Å². The zero-order valence-electron chi connectivity index (χ0n) is 10.4. The molecule has 0 aliphatic heterocycles. The van der Waals surface area contributed by atoms with Gasteiger partial charge in [-0.2, -0.15) is 0 Å². The van der Waals surface area contributed by atoms with Gasteiger partial charge in [-0.05, 0) is 36.8 Å². The van der Waals surface area contributed by atoms with E-state index in [9.17, 15) is 15.0 Å². The highest BCUT2D eigenvalue weighted by atomic mass is 16.4. The molecule has 18 heavy (non-hydrogen) atoms. The Bertz CT molecular complexity index is 467. The van der Waals surface area contributed by atoms with Gasteiger partial charge in [0.15, 0.2) is 0 Å². The van der Waals surface area contributed by atoms with Crippen LogP contribution in [0.1, 0.15) is 43.2 Å². The zero-order chi connectivity index (χ0) is 12.8. The van der Waals surface area contributed by atoms with Gasteiger partial charge in [0.2, 0.25) is 0 Å². The number of carboxylic acids is 1. The summed E-state index contributed by atoms with van der Waals surface area (Å²) in [6.07, 6.45) is 4.93. The van der Waals surface area contributed by atoms with E-state index in [2.05, 4.69) is 0 Å². The third-order valence-electron chi connectivity index (χ3n) is 4.48. The lowest BCUT2D eigenvalue weighted by Crippen LogP contribution is -2.42. The van der Waals surface area contributed by atoms with Crippen molar-refractivity contribution in [1.82, 2.24) is 0 Å². The zero-order valence-corrected chi connectivity index (χ0v) is 10.4. The van der Waals surface area contributed by atoms with Gasteiger partial charge >= 0.3 is 5.97 Å². The standard InChI is InChI=1S/C15H18O3/c16-13(17)15(6-1-7-15)12-4-2-11(3-5-12)10-14(18)8-9-14/h2-5,18H,1,6-10H2,(H,16,17). The molecule has 2 aliphatic rings. The molecule has 0 heterocycles. The van der Waals surface area contributed by atoms with E-state index >= 15 is 0 Å². The molecule has 0 spiro atoms. The Labute approximate surface area is 106 Å². The summed E-state index contributed by atoms with van der Waals surface area (Å²) in [5.41, 5.74) is 0.878. The van der Waals surface area contributed by atoms with Gasteiger partial charge in [0.25, 0.3) is 0 Å². The molecule has 0 saturated heterocycles. The molecule has 3 heteroatoms. The molecule has 3 rings (SSSR count). The topological polar surface area (TPSA) is 57.5 Å². The average Bonchev–Trinajstić information content (AvgIpc) is 2.96. The van der Waals surface area contributed by atoms with Gasteiger partial charge in [0.05, 0.1) is 11.0 Å². The Morgan fingerprint density at radius 1 is 1.11 bits per heavy atom. The maximum absolute atomic E-state index is 11.4. The predicted octanol–water partition coefficient (Wildman–Crippen LogP) is 2.26. The van der Waals surface area contributed by atoms with E-state index in [1.807, 2.05) is 24.3 Å². The van der Waals surface area contributed by atoms with Gasteiger partial charge in [-0.1, -0.05) is 30.7 Å². The van der Waals surface area contributed by atoms with Crippen molar-refractivity contribution < 1.29 is 15.0 Å². The quantitative estimate of drug-likeness (QED) is 0.856. The van der Waals surface area contributed by atoms with Crippen LogP contribution in [-0.2, 0) is 16.6 Å². The van der Waals surface area contributed by atoms with Crippen molar-refractivity contribution in [1.29, 1.82) is 0 Å². The molecule has 0 radical (unpaired) electrons. The van der Waals surface area contributed by atoms with Crippen molar-refractivity contribution in [3.63, 3.8) is 0 Å². The molecule has 96 valence electrons. The predicted molar refractivity (Wildman–Crippen MR) is 67.5 cm³/mol. The second-order valence-electron chi connectivity index (χ2n) is 5.84. The number of rotatable bonds is 4. The molecule has 2 N–H and O–H groups in total. The summed E-state index contributed by atoms with van der Waals surface area (Å²) in [5.74, 6) is -0.706. The molecule has 1 aromatic carbocycles. The van der Waals surface area contributed by atoms with Crippen LogP contribution in [0.25, 0.3) is 0 Å². The van der Waals surface area contributed by atoms with Gasteiger partial charge in [-0.15, -0.1) is 0 Å². The molecule has 1 aromatic rings. The minimum atomic E-state index is -0.706. The first-order valence-corrected chi connectivity index (χ1v) is 6.59. The smallest absolute Gasteiger partial charge is 0.314 e. The molecule has 0 aromatic heterocycles. The number of carbonyl (C=O) groups is 1. The fourth-order valence-electron chi connectivity index (χ4n) is 2.80. The number of carboxylic acid groups (broad SMARTS) is 1. The van der Waals surface area contributed by atoms with E-state index in [0.29, 0.717) is 6.42 Å². The molecule has 3 nitrogen and oxygen atoms in total. The summed E-state index contributed by atoms with van der Waals surface area (Å²) in [7, 11) is 0. The normalized spacial score (nSPS) is 23.2. The van der Waals surface area contributed by atoms with Crippen molar-refractivity contribution in [3.05, 3.63) is 35.4 Å². The molecule has 0 amide bonds. The van der Waals surface area contributed by atoms with E-state index in [1.54, 1.807) is 0 Å². The van der Waals surface area contributed by atoms with Crippen molar-refractivity contribution >= 4 is 5.97 Å². The second-order valence-corrected chi connectivity index (χ2v) is 5.84. The average molecular weight is 246 g/mol. The van der Waals surface area contributed by atoms with Crippen LogP contribution in [-0.4, -0.2) is 21.8 Å². The first-order valence-electron chi connectivity index (χ1n) is 6.59. The Morgan fingerprint density at radius 3 is 2.11 bits per heavy atom. The van der Waals surface area contributed by atoms with Crippen LogP contribution in [0, 0.1) is 0 Å². The molecule has 2 saturated carbocycles. The third-order valence-corrected chi connectivity index (χ3v) is 4.48. The second kappa shape index (κ2) is 3.82. The Balaban J connectivity index is 1.80. The van der Waals surface area contributed by atoms with E-state index in [4.69, 9.17) is 0 Å². The number of benzene rings is 1. The molecule has 0 bridgehead atoms. The lowest BCUT2D eigenvalue weighted by atomic mass is 9.64. The van der Waals surface area contributed by atoms with E-state index in [1.165, 1.54) is 0 Å². The fraction of sp³-hybridized carbons (Fsp3) is 0.533. The number of aliphatic carboxylic acids is 1. The maximum atomic E-state index is 11.4. The van der Waals surface area contributed by atoms with Crippen LogP contribution in [0.15, 0.2) is 24.3 Å². The van der Waals surface area contributed by atoms with E-state index in [-0.39, 0.29) is 0 Å². The summed E-state index contributed by atoms with van der Waals surface area (Å²) in [4.78, 5) is 11.4. The van der Waals surface area contributed by atoms with E-state index < -0.39 is 17.0 Å². The summed E-state index contributed by atoms with van der Waals surface area (Å²) in [5, 5.41) is 19.2. The van der Waals surface area contributed by atoms with Crippen LogP contribution in [0.4, 0.5) is 0 Å². The van der Waals surface area contributed by atoms with E-state index in [0.717, 1.165) is 43.2 Å². The van der Waals surface area contributed by atoms with Crippen LogP contribution in [0.2, 0.25) is 0 Å². The SMILES string of the molecule is O=C(O)C1(c2ccc(CC3(O)CC3)cc2)CCC1. The van der Waals surface area contributed by atoms with Crippen molar-refractivity contribution in [2.24, 2.45) is 0 Å². The number of hydrogen-bond donors (Lipinski definition) is 2. The molecule has 2 aliphatic carbocycles. The maximum Gasteiger partial charge on any atom is 0.314 e. The molecule has 0 unspecified atom stereocenters. The number of aliphatic hydroxyl groups is 1. The van der Waals surface area contributed by atoms with Gasteiger partial charge in [0.1, 0.15) is 0 Å². The minimum Gasteiger partial charge on any atom is -0.481 e. The monoisotopic (exact) mass is 246 g/mol. The highest BCUT2D eigenvalue weighted by molar-refractivity contribution is 5.82. The van der Waals surface area contributed by atoms with Crippen LogP contribution in [0.5, 0.6) is 0 Å². The number of hydrogen-bond acceptors (Lipinski definition) is 2. The highest BCUT2D eigenvalue weighted by Crippen LogP contribution is 2.44. The minimum absolute atomic E-state index is 0.484. The van der Waals surface area contributed by atoms with Gasteiger partial charge < -0.3 is 10.2 Å². The van der Waals surface area contributed by atoms with Crippen molar-refractivity contribution in [3.8, 4) is 0 Å². The summed E-state index contributed by atoms with van der Waals surface area (Å²) >= 11 is 0. The highest BCUT2D eigenvalue weighted by Gasteiger charge is 2.46. The lowest BCUT2D eigenvalue weighted by Gasteiger charge is -2.38. The fourth-order valence-corrected chi connectivity index (χ4v) is 2.80. The summed E-state index contributed by atoms with van der Waals surface area (Å²) < 4.78 is 0. The van der Waals surface area contributed by atoms with Crippen LogP contribution in [0.3, 0.4) is 0 Å². The lowest BCUT2D eigenvalue weighted by molar-refractivity contribution is -0.147.